The third kappa shape index (κ3) is 5.46. The van der Waals surface area contributed by atoms with Gasteiger partial charge in [-0.15, -0.1) is 0 Å². The van der Waals surface area contributed by atoms with Gasteiger partial charge < -0.3 is 20.3 Å². The van der Waals surface area contributed by atoms with Crippen LogP contribution in [0, 0.1) is 0 Å². The Morgan fingerprint density at radius 2 is 1.72 bits per heavy atom. The van der Waals surface area contributed by atoms with E-state index < -0.39 is 11.7 Å². The molecule has 0 fully saturated rings. The lowest BCUT2D eigenvalue weighted by Crippen LogP contribution is -2.46. The number of hydrogen-bond donors (Lipinski definition) is 2. The Morgan fingerprint density at radius 3 is 2.34 bits per heavy atom. The van der Waals surface area contributed by atoms with Crippen LogP contribution in [0.15, 0.2) is 42.5 Å². The molecule has 0 aromatic heterocycles. The summed E-state index contributed by atoms with van der Waals surface area (Å²) in [5.74, 6) is -0.185. The first-order valence-corrected chi connectivity index (χ1v) is 10.8. The number of anilines is 2. The smallest absolute Gasteiger partial charge is 0.408 e. The molecule has 0 spiro atoms. The monoisotopic (exact) mass is 437 g/mol. The summed E-state index contributed by atoms with van der Waals surface area (Å²) in [5.41, 5.74) is 3.57. The number of nitrogens with one attached hydrogen (secondary N) is 2. The van der Waals surface area contributed by atoms with Crippen LogP contribution >= 0.6 is 0 Å². The van der Waals surface area contributed by atoms with Gasteiger partial charge in [-0.05, 0) is 75.1 Å². The molecule has 2 aromatic rings. The summed E-state index contributed by atoms with van der Waals surface area (Å²) in [6.07, 6.45) is 0.0799. The van der Waals surface area contributed by atoms with Crippen molar-refractivity contribution in [3.8, 4) is 11.1 Å². The standard InChI is InChI=1S/C25H31N3O4/c1-15-12-22(27-24(31)32-25(4,5)6)21-14-19(10-11-23(21)28(15)17(3)30)18-8-7-9-20(13-18)26-16(2)29/h7-11,13-15,22H,12H2,1-6H3,(H,26,29)(H,27,31). The fourth-order valence-corrected chi connectivity index (χ4v) is 4.09. The predicted molar refractivity (Wildman–Crippen MR) is 126 cm³/mol. The lowest BCUT2D eigenvalue weighted by atomic mass is 9.89. The summed E-state index contributed by atoms with van der Waals surface area (Å²) in [5, 5.41) is 5.78. The van der Waals surface area contributed by atoms with E-state index in [0.717, 1.165) is 22.4 Å². The summed E-state index contributed by atoms with van der Waals surface area (Å²) in [7, 11) is 0. The van der Waals surface area contributed by atoms with Crippen LogP contribution in [0.25, 0.3) is 11.1 Å². The number of ether oxygens (including phenoxy) is 1. The van der Waals surface area contributed by atoms with E-state index in [1.54, 1.807) is 11.8 Å². The molecule has 2 atom stereocenters. The molecule has 32 heavy (non-hydrogen) atoms. The van der Waals surface area contributed by atoms with Crippen LogP contribution in [-0.2, 0) is 14.3 Å². The highest BCUT2D eigenvalue weighted by Crippen LogP contribution is 2.40. The minimum Gasteiger partial charge on any atom is -0.444 e. The summed E-state index contributed by atoms with van der Waals surface area (Å²) in [6.45, 7) is 10.5. The molecule has 1 aliphatic rings. The van der Waals surface area contributed by atoms with Crippen LogP contribution < -0.4 is 15.5 Å². The van der Waals surface area contributed by atoms with Crippen LogP contribution in [0.3, 0.4) is 0 Å². The van der Waals surface area contributed by atoms with E-state index >= 15 is 0 Å². The van der Waals surface area contributed by atoms with Gasteiger partial charge in [-0.1, -0.05) is 18.2 Å². The van der Waals surface area contributed by atoms with Crippen molar-refractivity contribution in [1.82, 2.24) is 5.32 Å². The fraction of sp³-hybridized carbons (Fsp3) is 0.400. The van der Waals surface area contributed by atoms with Crippen LogP contribution in [-0.4, -0.2) is 29.6 Å². The highest BCUT2D eigenvalue weighted by molar-refractivity contribution is 5.94. The van der Waals surface area contributed by atoms with Crippen molar-refractivity contribution >= 4 is 29.3 Å². The van der Waals surface area contributed by atoms with E-state index in [0.29, 0.717) is 12.1 Å². The van der Waals surface area contributed by atoms with Gasteiger partial charge in [0.15, 0.2) is 0 Å². The lowest BCUT2D eigenvalue weighted by Gasteiger charge is -2.39. The molecule has 3 amide bonds. The number of alkyl carbamates (subject to hydrolysis) is 1. The minimum absolute atomic E-state index is 0.0464. The summed E-state index contributed by atoms with van der Waals surface area (Å²) < 4.78 is 5.46. The highest BCUT2D eigenvalue weighted by atomic mass is 16.6. The Labute approximate surface area is 189 Å². The van der Waals surface area contributed by atoms with Crippen molar-refractivity contribution in [1.29, 1.82) is 0 Å². The third-order valence-corrected chi connectivity index (χ3v) is 5.23. The zero-order chi connectivity index (χ0) is 23.6. The van der Waals surface area contributed by atoms with E-state index in [1.165, 1.54) is 6.92 Å². The van der Waals surface area contributed by atoms with Crippen molar-refractivity contribution in [2.75, 3.05) is 10.2 Å². The molecule has 2 aromatic carbocycles. The van der Waals surface area contributed by atoms with Crippen molar-refractivity contribution in [3.63, 3.8) is 0 Å². The fourth-order valence-electron chi connectivity index (χ4n) is 4.09. The molecule has 3 rings (SSSR count). The molecule has 2 N–H and O–H groups in total. The first-order chi connectivity index (χ1) is 14.9. The number of carbonyl (C=O) groups excluding carboxylic acids is 3. The van der Waals surface area contributed by atoms with Crippen LogP contribution in [0.2, 0.25) is 0 Å². The maximum atomic E-state index is 12.5. The molecule has 170 valence electrons. The molecule has 1 heterocycles. The first-order valence-electron chi connectivity index (χ1n) is 10.8. The molecule has 0 saturated heterocycles. The van der Waals surface area contributed by atoms with E-state index in [-0.39, 0.29) is 23.9 Å². The van der Waals surface area contributed by atoms with Gasteiger partial charge in [-0.2, -0.15) is 0 Å². The molecular formula is C25H31N3O4. The van der Waals surface area contributed by atoms with Crippen molar-refractivity contribution in [3.05, 3.63) is 48.0 Å². The summed E-state index contributed by atoms with van der Waals surface area (Å²) >= 11 is 0. The molecule has 7 nitrogen and oxygen atoms in total. The van der Waals surface area contributed by atoms with Crippen LogP contribution in [0.4, 0.5) is 16.2 Å². The van der Waals surface area contributed by atoms with Gasteiger partial charge >= 0.3 is 6.09 Å². The van der Waals surface area contributed by atoms with Crippen LogP contribution in [0.5, 0.6) is 0 Å². The molecular weight excluding hydrogens is 406 g/mol. The average molecular weight is 438 g/mol. The third-order valence-electron chi connectivity index (χ3n) is 5.23. The molecule has 2 unspecified atom stereocenters. The Bertz CT molecular complexity index is 1040. The summed E-state index contributed by atoms with van der Waals surface area (Å²) in [4.78, 5) is 38.1. The Hall–Kier alpha value is -3.35. The number of fused-ring (bicyclic) bond motifs is 1. The molecule has 7 heteroatoms. The van der Waals surface area contributed by atoms with E-state index in [4.69, 9.17) is 4.74 Å². The second kappa shape index (κ2) is 9.02. The number of hydrogen-bond acceptors (Lipinski definition) is 4. The van der Waals surface area contributed by atoms with Crippen molar-refractivity contribution in [2.45, 2.75) is 65.6 Å². The van der Waals surface area contributed by atoms with E-state index in [1.807, 2.05) is 70.2 Å². The van der Waals surface area contributed by atoms with Gasteiger partial charge in [0.05, 0.1) is 6.04 Å². The summed E-state index contributed by atoms with van der Waals surface area (Å²) in [6, 6.07) is 13.0. The van der Waals surface area contributed by atoms with Gasteiger partial charge in [0.1, 0.15) is 5.60 Å². The average Bonchev–Trinajstić information content (AvgIpc) is 2.65. The molecule has 0 aliphatic carbocycles. The number of benzene rings is 2. The first kappa shape index (κ1) is 23.3. The molecule has 0 saturated carbocycles. The SMILES string of the molecule is CC(=O)Nc1cccc(-c2ccc3c(c2)C(NC(=O)OC(C)(C)C)CC(C)N3C(C)=O)c1. The highest BCUT2D eigenvalue weighted by Gasteiger charge is 2.34. The van der Waals surface area contributed by atoms with Gasteiger partial charge in [0.2, 0.25) is 11.8 Å². The largest absolute Gasteiger partial charge is 0.444 e. The van der Waals surface area contributed by atoms with Gasteiger partial charge in [0.25, 0.3) is 0 Å². The maximum absolute atomic E-state index is 12.5. The molecule has 0 bridgehead atoms. The Kier molecular flexibility index (Phi) is 6.57. The Morgan fingerprint density at radius 1 is 1.03 bits per heavy atom. The van der Waals surface area contributed by atoms with Gasteiger partial charge in [-0.3, -0.25) is 9.59 Å². The quantitative estimate of drug-likeness (QED) is 0.706. The number of amides is 3. The number of rotatable bonds is 3. The topological polar surface area (TPSA) is 87.7 Å². The second-order valence-electron chi connectivity index (χ2n) is 9.21. The minimum atomic E-state index is -0.607. The van der Waals surface area contributed by atoms with E-state index in [2.05, 4.69) is 10.6 Å². The molecule has 0 radical (unpaired) electrons. The predicted octanol–water partition coefficient (Wildman–Crippen LogP) is 5.02. The van der Waals surface area contributed by atoms with Gasteiger partial charge in [0, 0.05) is 31.3 Å². The normalized spacial score (nSPS) is 17.9. The number of nitrogens with zero attached hydrogens (tertiary/aromatic N) is 1. The van der Waals surface area contributed by atoms with Crippen LogP contribution in [0.1, 0.15) is 59.6 Å². The molecule has 1 aliphatic heterocycles. The zero-order valence-corrected chi connectivity index (χ0v) is 19.5. The van der Waals surface area contributed by atoms with Crippen molar-refractivity contribution < 1.29 is 19.1 Å². The maximum Gasteiger partial charge on any atom is 0.408 e. The Balaban J connectivity index is 2.01. The zero-order valence-electron chi connectivity index (χ0n) is 19.5. The number of carbonyl (C=O) groups is 3. The lowest BCUT2D eigenvalue weighted by molar-refractivity contribution is -0.117. The van der Waals surface area contributed by atoms with E-state index in [9.17, 15) is 14.4 Å². The van der Waals surface area contributed by atoms with Crippen molar-refractivity contribution in [2.24, 2.45) is 0 Å². The van der Waals surface area contributed by atoms with Gasteiger partial charge in [-0.25, -0.2) is 4.79 Å². The second-order valence-corrected chi connectivity index (χ2v) is 9.21.